The van der Waals surface area contributed by atoms with Crippen molar-refractivity contribution in [2.45, 2.75) is 32.4 Å². The largest absolute Gasteiger partial charge is 0.462 e. The van der Waals surface area contributed by atoms with Crippen LogP contribution in [-0.4, -0.2) is 23.9 Å². The van der Waals surface area contributed by atoms with E-state index in [1.54, 1.807) is 13.8 Å². The van der Waals surface area contributed by atoms with E-state index in [4.69, 9.17) is 10.5 Å². The van der Waals surface area contributed by atoms with Crippen LogP contribution in [0, 0.1) is 0 Å². The standard InChI is InChI=1S/C7H15NO2S/c1-5(2)10-7(9)6(8)3-4-11/h5-6,11H,3-4,8H2,1-2H3. The monoisotopic (exact) mass is 177 g/mol. The molecule has 0 bridgehead atoms. The van der Waals surface area contributed by atoms with E-state index in [2.05, 4.69) is 12.6 Å². The molecule has 0 amide bonds. The van der Waals surface area contributed by atoms with E-state index in [9.17, 15) is 4.79 Å². The zero-order valence-corrected chi connectivity index (χ0v) is 7.80. The van der Waals surface area contributed by atoms with E-state index >= 15 is 0 Å². The van der Waals surface area contributed by atoms with E-state index in [0.29, 0.717) is 12.2 Å². The molecule has 0 aliphatic carbocycles. The van der Waals surface area contributed by atoms with Gasteiger partial charge >= 0.3 is 5.97 Å². The van der Waals surface area contributed by atoms with Crippen molar-refractivity contribution in [3.8, 4) is 0 Å². The highest BCUT2D eigenvalue weighted by Gasteiger charge is 2.14. The summed E-state index contributed by atoms with van der Waals surface area (Å²) in [5.41, 5.74) is 5.45. The summed E-state index contributed by atoms with van der Waals surface area (Å²) in [5.74, 6) is 0.267. The van der Waals surface area contributed by atoms with Gasteiger partial charge in [-0.15, -0.1) is 0 Å². The maximum absolute atomic E-state index is 11.0. The first-order valence-corrected chi connectivity index (χ1v) is 4.28. The minimum absolute atomic E-state index is 0.0894. The summed E-state index contributed by atoms with van der Waals surface area (Å²) >= 11 is 3.96. The Kier molecular flexibility index (Phi) is 5.32. The Balaban J connectivity index is 3.64. The number of nitrogens with two attached hydrogens (primary N) is 1. The van der Waals surface area contributed by atoms with Crippen molar-refractivity contribution in [3.63, 3.8) is 0 Å². The Hall–Kier alpha value is -0.220. The van der Waals surface area contributed by atoms with Gasteiger partial charge in [0.2, 0.25) is 0 Å². The molecule has 0 fully saturated rings. The molecular formula is C7H15NO2S. The lowest BCUT2D eigenvalue weighted by Crippen LogP contribution is -2.34. The second-order valence-electron chi connectivity index (χ2n) is 2.60. The fourth-order valence-electron chi connectivity index (χ4n) is 0.577. The predicted molar refractivity (Wildman–Crippen MR) is 47.7 cm³/mol. The first-order valence-electron chi connectivity index (χ1n) is 3.65. The molecule has 1 unspecified atom stereocenters. The topological polar surface area (TPSA) is 52.3 Å². The Morgan fingerprint density at radius 1 is 1.64 bits per heavy atom. The zero-order chi connectivity index (χ0) is 8.85. The molecule has 0 aromatic carbocycles. The molecule has 1 atom stereocenters. The molecule has 0 aromatic heterocycles. The molecule has 0 heterocycles. The van der Waals surface area contributed by atoms with Crippen molar-refractivity contribution in [2.24, 2.45) is 5.73 Å². The van der Waals surface area contributed by atoms with Crippen molar-refractivity contribution in [1.82, 2.24) is 0 Å². The van der Waals surface area contributed by atoms with Gasteiger partial charge < -0.3 is 10.5 Å². The fourth-order valence-corrected chi connectivity index (χ4v) is 0.855. The smallest absolute Gasteiger partial charge is 0.323 e. The van der Waals surface area contributed by atoms with Crippen LogP contribution in [0.4, 0.5) is 0 Å². The molecule has 2 N–H and O–H groups in total. The normalized spacial score (nSPS) is 13.2. The molecule has 3 nitrogen and oxygen atoms in total. The molecule has 66 valence electrons. The van der Waals surface area contributed by atoms with Gasteiger partial charge in [-0.3, -0.25) is 4.79 Å². The van der Waals surface area contributed by atoms with Crippen LogP contribution in [0.3, 0.4) is 0 Å². The second kappa shape index (κ2) is 5.43. The van der Waals surface area contributed by atoms with Crippen LogP contribution in [0.15, 0.2) is 0 Å². The summed E-state index contributed by atoms with van der Waals surface area (Å²) in [5, 5.41) is 0. The molecule has 4 heteroatoms. The van der Waals surface area contributed by atoms with Crippen LogP contribution in [0.2, 0.25) is 0 Å². The van der Waals surface area contributed by atoms with Crippen LogP contribution < -0.4 is 5.73 Å². The first-order chi connectivity index (χ1) is 5.07. The summed E-state index contributed by atoms with van der Waals surface area (Å²) in [6, 6.07) is -0.519. The van der Waals surface area contributed by atoms with Crippen molar-refractivity contribution >= 4 is 18.6 Å². The molecule has 0 aliphatic rings. The van der Waals surface area contributed by atoms with Crippen molar-refractivity contribution in [2.75, 3.05) is 5.75 Å². The highest BCUT2D eigenvalue weighted by atomic mass is 32.1. The molecule has 0 spiro atoms. The third-order valence-electron chi connectivity index (χ3n) is 1.09. The van der Waals surface area contributed by atoms with Crippen LogP contribution in [0.1, 0.15) is 20.3 Å². The van der Waals surface area contributed by atoms with Crippen molar-refractivity contribution in [3.05, 3.63) is 0 Å². The van der Waals surface area contributed by atoms with Gasteiger partial charge in [-0.05, 0) is 26.0 Å². The maximum atomic E-state index is 11.0. The van der Waals surface area contributed by atoms with E-state index in [-0.39, 0.29) is 12.1 Å². The van der Waals surface area contributed by atoms with Crippen LogP contribution in [-0.2, 0) is 9.53 Å². The number of hydrogen-bond donors (Lipinski definition) is 2. The van der Waals surface area contributed by atoms with Gasteiger partial charge in [0.05, 0.1) is 6.10 Å². The van der Waals surface area contributed by atoms with E-state index in [0.717, 1.165) is 0 Å². The Labute approximate surface area is 72.7 Å². The minimum Gasteiger partial charge on any atom is -0.462 e. The lowest BCUT2D eigenvalue weighted by molar-refractivity contribution is -0.149. The second-order valence-corrected chi connectivity index (χ2v) is 3.05. The zero-order valence-electron chi connectivity index (χ0n) is 6.91. The molecule has 0 rings (SSSR count). The van der Waals surface area contributed by atoms with Crippen molar-refractivity contribution in [1.29, 1.82) is 0 Å². The fraction of sp³-hybridized carbons (Fsp3) is 0.857. The molecule has 0 saturated heterocycles. The van der Waals surface area contributed by atoms with Crippen LogP contribution >= 0.6 is 12.6 Å². The molecule has 0 radical (unpaired) electrons. The average Bonchev–Trinajstić information content (AvgIpc) is 1.86. The Morgan fingerprint density at radius 3 is 2.55 bits per heavy atom. The molecule has 0 aliphatic heterocycles. The van der Waals surface area contributed by atoms with E-state index in [1.165, 1.54) is 0 Å². The highest BCUT2D eigenvalue weighted by Crippen LogP contribution is 1.97. The number of hydrogen-bond acceptors (Lipinski definition) is 4. The third kappa shape index (κ3) is 5.09. The average molecular weight is 177 g/mol. The maximum Gasteiger partial charge on any atom is 0.323 e. The Morgan fingerprint density at radius 2 is 2.18 bits per heavy atom. The number of esters is 1. The van der Waals surface area contributed by atoms with Gasteiger partial charge in [0.1, 0.15) is 6.04 Å². The number of carbonyl (C=O) groups excluding carboxylic acids is 1. The Bertz CT molecular complexity index is 128. The van der Waals surface area contributed by atoms with Crippen molar-refractivity contribution < 1.29 is 9.53 Å². The molecular weight excluding hydrogens is 162 g/mol. The quantitative estimate of drug-likeness (QED) is 0.488. The number of carbonyl (C=O) groups is 1. The van der Waals surface area contributed by atoms with Crippen LogP contribution in [0.5, 0.6) is 0 Å². The summed E-state index contributed by atoms with van der Waals surface area (Å²) < 4.78 is 4.87. The molecule has 0 saturated carbocycles. The summed E-state index contributed by atoms with van der Waals surface area (Å²) in [6.07, 6.45) is 0.475. The van der Waals surface area contributed by atoms with Gasteiger partial charge in [0.15, 0.2) is 0 Å². The lowest BCUT2D eigenvalue weighted by atomic mass is 10.2. The van der Waals surface area contributed by atoms with Gasteiger partial charge in [0.25, 0.3) is 0 Å². The molecule has 11 heavy (non-hydrogen) atoms. The van der Waals surface area contributed by atoms with Gasteiger partial charge in [0, 0.05) is 0 Å². The first kappa shape index (κ1) is 10.8. The number of rotatable bonds is 4. The minimum atomic E-state index is -0.519. The lowest BCUT2D eigenvalue weighted by Gasteiger charge is -2.12. The van der Waals surface area contributed by atoms with Crippen LogP contribution in [0.25, 0.3) is 0 Å². The van der Waals surface area contributed by atoms with E-state index in [1.807, 2.05) is 0 Å². The van der Waals surface area contributed by atoms with Gasteiger partial charge in [-0.1, -0.05) is 0 Å². The SMILES string of the molecule is CC(C)OC(=O)C(N)CCS. The summed E-state index contributed by atoms with van der Waals surface area (Å²) in [6.45, 7) is 3.59. The number of thiol groups is 1. The number of ether oxygens (including phenoxy) is 1. The van der Waals surface area contributed by atoms with Gasteiger partial charge in [-0.25, -0.2) is 0 Å². The summed E-state index contributed by atoms with van der Waals surface area (Å²) in [4.78, 5) is 11.0. The highest BCUT2D eigenvalue weighted by molar-refractivity contribution is 7.80. The predicted octanol–water partition coefficient (Wildman–Crippen LogP) is 0.585. The van der Waals surface area contributed by atoms with E-state index < -0.39 is 6.04 Å². The summed E-state index contributed by atoms with van der Waals surface area (Å²) in [7, 11) is 0. The third-order valence-corrected chi connectivity index (χ3v) is 1.35. The molecule has 0 aromatic rings. The van der Waals surface area contributed by atoms with Gasteiger partial charge in [-0.2, -0.15) is 12.6 Å².